The van der Waals surface area contributed by atoms with Gasteiger partial charge in [0.1, 0.15) is 11.6 Å². The normalized spacial score (nSPS) is 10.1. The first kappa shape index (κ1) is 18.1. The van der Waals surface area contributed by atoms with E-state index in [0.717, 1.165) is 0 Å². The predicted molar refractivity (Wildman–Crippen MR) is 103 cm³/mol. The van der Waals surface area contributed by atoms with E-state index in [-0.39, 0.29) is 17.6 Å². The second-order valence-electron chi connectivity index (χ2n) is 5.78. The van der Waals surface area contributed by atoms with Crippen molar-refractivity contribution >= 4 is 34.7 Å². The molecule has 0 aliphatic rings. The standard InChI is InChI=1S/C20H17FN4O2/c1-13(26)23-17-3-2-4-18(11-17)25-20(27)14-5-10-19(22-12-14)24-16-8-6-15(21)7-9-16/h2-12H,1H3,(H,22,24)(H,23,26)(H,25,27). The number of pyridine rings is 1. The number of hydrogen-bond donors (Lipinski definition) is 3. The van der Waals surface area contributed by atoms with Gasteiger partial charge in [0.2, 0.25) is 5.91 Å². The number of aromatic nitrogens is 1. The lowest BCUT2D eigenvalue weighted by atomic mass is 10.2. The van der Waals surface area contributed by atoms with Crippen LogP contribution in [0.4, 0.5) is 27.3 Å². The van der Waals surface area contributed by atoms with Crippen molar-refractivity contribution in [2.24, 2.45) is 0 Å². The van der Waals surface area contributed by atoms with Gasteiger partial charge in [-0.25, -0.2) is 9.37 Å². The molecule has 0 fully saturated rings. The van der Waals surface area contributed by atoms with Crippen LogP contribution in [0.5, 0.6) is 0 Å². The Morgan fingerprint density at radius 1 is 0.889 bits per heavy atom. The second-order valence-corrected chi connectivity index (χ2v) is 5.78. The van der Waals surface area contributed by atoms with Crippen molar-refractivity contribution in [1.82, 2.24) is 4.98 Å². The van der Waals surface area contributed by atoms with Gasteiger partial charge in [-0.15, -0.1) is 0 Å². The summed E-state index contributed by atoms with van der Waals surface area (Å²) in [5.74, 6) is -0.295. The van der Waals surface area contributed by atoms with E-state index in [1.807, 2.05) is 0 Å². The third kappa shape index (κ3) is 5.12. The highest BCUT2D eigenvalue weighted by Crippen LogP contribution is 2.18. The fraction of sp³-hybridized carbons (Fsp3) is 0.0500. The summed E-state index contributed by atoms with van der Waals surface area (Å²) >= 11 is 0. The molecule has 3 N–H and O–H groups in total. The lowest BCUT2D eigenvalue weighted by Gasteiger charge is -2.09. The largest absolute Gasteiger partial charge is 0.340 e. The maximum absolute atomic E-state index is 12.9. The van der Waals surface area contributed by atoms with Gasteiger partial charge in [0.05, 0.1) is 5.56 Å². The molecule has 0 aliphatic carbocycles. The minimum atomic E-state index is -0.323. The number of benzene rings is 2. The highest BCUT2D eigenvalue weighted by atomic mass is 19.1. The summed E-state index contributed by atoms with van der Waals surface area (Å²) in [6, 6.07) is 16.0. The molecule has 0 unspecified atom stereocenters. The van der Waals surface area contributed by atoms with Crippen LogP contribution in [0, 0.1) is 5.82 Å². The molecule has 7 heteroatoms. The summed E-state index contributed by atoms with van der Waals surface area (Å²) in [4.78, 5) is 27.7. The van der Waals surface area contributed by atoms with Crippen molar-refractivity contribution in [3.63, 3.8) is 0 Å². The topological polar surface area (TPSA) is 83.1 Å². The highest BCUT2D eigenvalue weighted by Gasteiger charge is 2.08. The fourth-order valence-corrected chi connectivity index (χ4v) is 2.36. The van der Waals surface area contributed by atoms with Gasteiger partial charge in [0.25, 0.3) is 5.91 Å². The Hall–Kier alpha value is -3.74. The molecule has 6 nitrogen and oxygen atoms in total. The van der Waals surface area contributed by atoms with Gasteiger partial charge < -0.3 is 16.0 Å². The van der Waals surface area contributed by atoms with E-state index in [4.69, 9.17) is 0 Å². The Morgan fingerprint density at radius 3 is 2.22 bits per heavy atom. The molecule has 1 heterocycles. The van der Waals surface area contributed by atoms with E-state index >= 15 is 0 Å². The molecule has 0 atom stereocenters. The van der Waals surface area contributed by atoms with Crippen LogP contribution in [-0.4, -0.2) is 16.8 Å². The smallest absolute Gasteiger partial charge is 0.257 e. The third-order valence-corrected chi connectivity index (χ3v) is 3.58. The van der Waals surface area contributed by atoms with Crippen molar-refractivity contribution in [3.05, 3.63) is 78.2 Å². The Balaban J connectivity index is 1.65. The highest BCUT2D eigenvalue weighted by molar-refractivity contribution is 6.04. The van der Waals surface area contributed by atoms with E-state index in [0.29, 0.717) is 28.4 Å². The molecule has 0 aliphatic heterocycles. The van der Waals surface area contributed by atoms with E-state index in [9.17, 15) is 14.0 Å². The number of rotatable bonds is 5. The monoisotopic (exact) mass is 364 g/mol. The summed E-state index contributed by atoms with van der Waals surface area (Å²) in [5, 5.41) is 8.44. The van der Waals surface area contributed by atoms with Crippen LogP contribution in [0.25, 0.3) is 0 Å². The molecule has 2 aromatic carbocycles. The van der Waals surface area contributed by atoms with Crippen LogP contribution in [0.1, 0.15) is 17.3 Å². The number of carbonyl (C=O) groups excluding carboxylic acids is 2. The summed E-state index contributed by atoms with van der Waals surface area (Å²) < 4.78 is 12.9. The molecule has 27 heavy (non-hydrogen) atoms. The van der Waals surface area contributed by atoms with Gasteiger partial charge in [-0.1, -0.05) is 6.07 Å². The minimum Gasteiger partial charge on any atom is -0.340 e. The lowest BCUT2D eigenvalue weighted by Crippen LogP contribution is -2.13. The molecule has 0 bridgehead atoms. The molecule has 136 valence electrons. The van der Waals surface area contributed by atoms with Crippen molar-refractivity contribution in [2.75, 3.05) is 16.0 Å². The van der Waals surface area contributed by atoms with Gasteiger partial charge in [-0.2, -0.15) is 0 Å². The number of carbonyl (C=O) groups is 2. The van der Waals surface area contributed by atoms with Crippen molar-refractivity contribution < 1.29 is 14.0 Å². The maximum Gasteiger partial charge on any atom is 0.257 e. The first-order chi connectivity index (χ1) is 13.0. The van der Waals surface area contributed by atoms with Gasteiger partial charge >= 0.3 is 0 Å². The summed E-state index contributed by atoms with van der Waals surface area (Å²) in [6.07, 6.45) is 1.44. The van der Waals surface area contributed by atoms with Crippen LogP contribution in [0.15, 0.2) is 66.9 Å². The van der Waals surface area contributed by atoms with Crippen LogP contribution in [0.3, 0.4) is 0 Å². The molecule has 2 amide bonds. The van der Waals surface area contributed by atoms with E-state index in [2.05, 4.69) is 20.9 Å². The van der Waals surface area contributed by atoms with Gasteiger partial charge in [0, 0.05) is 30.2 Å². The number of anilines is 4. The van der Waals surface area contributed by atoms with Crippen molar-refractivity contribution in [1.29, 1.82) is 0 Å². The first-order valence-corrected chi connectivity index (χ1v) is 8.17. The third-order valence-electron chi connectivity index (χ3n) is 3.58. The lowest BCUT2D eigenvalue weighted by molar-refractivity contribution is -0.114. The quantitative estimate of drug-likeness (QED) is 0.634. The van der Waals surface area contributed by atoms with Crippen molar-refractivity contribution in [3.8, 4) is 0 Å². The number of nitrogens with one attached hydrogen (secondary N) is 3. The average Bonchev–Trinajstić information content (AvgIpc) is 2.64. The molecule has 0 radical (unpaired) electrons. The predicted octanol–water partition coefficient (Wildman–Crippen LogP) is 4.18. The van der Waals surface area contributed by atoms with Crippen LogP contribution < -0.4 is 16.0 Å². The minimum absolute atomic E-state index is 0.188. The average molecular weight is 364 g/mol. The van der Waals surface area contributed by atoms with Gasteiger partial charge in [-0.05, 0) is 54.6 Å². The number of nitrogens with zero attached hydrogens (tertiary/aromatic N) is 1. The Kier molecular flexibility index (Phi) is 5.41. The summed E-state index contributed by atoms with van der Waals surface area (Å²) in [7, 11) is 0. The Bertz CT molecular complexity index is 956. The first-order valence-electron chi connectivity index (χ1n) is 8.17. The summed E-state index contributed by atoms with van der Waals surface area (Å²) in [5.41, 5.74) is 2.22. The van der Waals surface area contributed by atoms with Crippen molar-refractivity contribution in [2.45, 2.75) is 6.92 Å². The number of halogens is 1. The van der Waals surface area contributed by atoms with E-state index < -0.39 is 0 Å². The molecule has 0 spiro atoms. The summed E-state index contributed by atoms with van der Waals surface area (Å²) in [6.45, 7) is 1.42. The van der Waals surface area contributed by atoms with E-state index in [1.54, 1.807) is 48.5 Å². The molecular weight excluding hydrogens is 347 g/mol. The molecule has 1 aromatic heterocycles. The molecule has 0 saturated carbocycles. The number of amides is 2. The van der Waals surface area contributed by atoms with Crippen LogP contribution >= 0.6 is 0 Å². The fourth-order valence-electron chi connectivity index (χ4n) is 2.36. The second kappa shape index (κ2) is 8.09. The SMILES string of the molecule is CC(=O)Nc1cccc(NC(=O)c2ccc(Nc3ccc(F)cc3)nc2)c1. The van der Waals surface area contributed by atoms with Gasteiger partial charge in [0.15, 0.2) is 0 Å². The van der Waals surface area contributed by atoms with Crippen LogP contribution in [-0.2, 0) is 4.79 Å². The molecular formula is C20H17FN4O2. The number of hydrogen-bond acceptors (Lipinski definition) is 4. The van der Waals surface area contributed by atoms with Crippen LogP contribution in [0.2, 0.25) is 0 Å². The molecule has 0 saturated heterocycles. The Morgan fingerprint density at radius 2 is 1.59 bits per heavy atom. The van der Waals surface area contributed by atoms with Gasteiger partial charge in [-0.3, -0.25) is 9.59 Å². The zero-order chi connectivity index (χ0) is 19.2. The maximum atomic E-state index is 12.9. The Labute approximate surface area is 155 Å². The molecule has 3 rings (SSSR count). The van der Waals surface area contributed by atoms with E-state index in [1.165, 1.54) is 25.3 Å². The zero-order valence-electron chi connectivity index (χ0n) is 14.5. The molecule has 3 aromatic rings. The zero-order valence-corrected chi connectivity index (χ0v) is 14.5.